The van der Waals surface area contributed by atoms with E-state index in [0.717, 1.165) is 50.9 Å². The Morgan fingerprint density at radius 3 is 2.80 bits per heavy atom. The molecule has 1 aliphatic heterocycles. The number of likely N-dealkylation sites (tertiary alicyclic amines) is 1. The van der Waals surface area contributed by atoms with Gasteiger partial charge in [0.25, 0.3) is 0 Å². The molecule has 1 amide bonds. The van der Waals surface area contributed by atoms with Crippen LogP contribution in [-0.2, 0) is 17.8 Å². The van der Waals surface area contributed by atoms with E-state index in [1.54, 1.807) is 7.05 Å². The summed E-state index contributed by atoms with van der Waals surface area (Å²) in [7, 11) is 1.74. The van der Waals surface area contributed by atoms with Gasteiger partial charge >= 0.3 is 0 Å². The molecule has 0 aliphatic carbocycles. The molecule has 5 nitrogen and oxygen atoms in total. The first kappa shape index (κ1) is 17.5. The number of likely N-dealkylation sites (N-methyl/N-ethyl adjacent to an activating group) is 1. The van der Waals surface area contributed by atoms with Crippen LogP contribution < -0.4 is 5.32 Å². The lowest BCUT2D eigenvalue weighted by Crippen LogP contribution is -2.54. The Bertz CT molecular complexity index is 677. The zero-order valence-corrected chi connectivity index (χ0v) is 14.8. The summed E-state index contributed by atoms with van der Waals surface area (Å²) in [6.45, 7) is 1.67. The van der Waals surface area contributed by atoms with E-state index in [0.29, 0.717) is 0 Å². The van der Waals surface area contributed by atoms with Crippen molar-refractivity contribution < 1.29 is 4.79 Å². The zero-order valence-electron chi connectivity index (χ0n) is 14.8. The van der Waals surface area contributed by atoms with Crippen molar-refractivity contribution >= 4 is 5.91 Å². The molecular weight excluding hydrogens is 312 g/mol. The minimum Gasteiger partial charge on any atom is -0.358 e. The molecule has 1 atom stereocenters. The van der Waals surface area contributed by atoms with Gasteiger partial charge in [-0.1, -0.05) is 6.07 Å². The fraction of sp³-hybridized carbons (Fsp3) is 0.450. The second kappa shape index (κ2) is 8.21. The van der Waals surface area contributed by atoms with E-state index in [1.807, 2.05) is 48.9 Å². The van der Waals surface area contributed by atoms with Gasteiger partial charge in [0.15, 0.2) is 0 Å². The van der Waals surface area contributed by atoms with Gasteiger partial charge in [0, 0.05) is 32.2 Å². The third-order valence-corrected chi connectivity index (χ3v) is 5.16. The number of pyridine rings is 2. The predicted octanol–water partition coefficient (Wildman–Crippen LogP) is 2.58. The Hall–Kier alpha value is -2.27. The third kappa shape index (κ3) is 4.04. The van der Waals surface area contributed by atoms with E-state index >= 15 is 0 Å². The second-order valence-electron chi connectivity index (χ2n) is 6.67. The molecule has 132 valence electrons. The van der Waals surface area contributed by atoms with Crippen molar-refractivity contribution in [2.75, 3.05) is 13.6 Å². The lowest BCUT2D eigenvalue weighted by Gasteiger charge is -2.37. The van der Waals surface area contributed by atoms with E-state index < -0.39 is 5.54 Å². The highest BCUT2D eigenvalue weighted by molar-refractivity contribution is 5.86. The van der Waals surface area contributed by atoms with Crippen LogP contribution in [0.1, 0.15) is 36.9 Å². The molecule has 2 aromatic rings. The average molecular weight is 338 g/mol. The van der Waals surface area contributed by atoms with Crippen molar-refractivity contribution in [3.8, 4) is 0 Å². The Balaban J connectivity index is 1.71. The number of aryl methyl sites for hydroxylation is 1. The molecule has 5 heteroatoms. The highest BCUT2D eigenvalue weighted by Gasteiger charge is 2.46. The summed E-state index contributed by atoms with van der Waals surface area (Å²) in [5.74, 6) is 0.135. The number of hydrogen-bond acceptors (Lipinski definition) is 4. The minimum atomic E-state index is -0.417. The molecule has 0 radical (unpaired) electrons. The lowest BCUT2D eigenvalue weighted by atomic mass is 9.87. The van der Waals surface area contributed by atoms with Crippen LogP contribution in [0.15, 0.2) is 48.9 Å². The molecule has 3 heterocycles. The number of amides is 1. The number of aromatic nitrogens is 2. The topological polar surface area (TPSA) is 58.1 Å². The molecule has 1 fully saturated rings. The fourth-order valence-electron chi connectivity index (χ4n) is 3.87. The van der Waals surface area contributed by atoms with Gasteiger partial charge in [-0.2, -0.15) is 0 Å². The summed E-state index contributed by atoms with van der Waals surface area (Å²) in [4.78, 5) is 23.6. The van der Waals surface area contributed by atoms with Crippen LogP contribution in [0.2, 0.25) is 0 Å². The Kier molecular flexibility index (Phi) is 5.76. The summed E-state index contributed by atoms with van der Waals surface area (Å²) >= 11 is 0. The van der Waals surface area contributed by atoms with Crippen LogP contribution in [0.4, 0.5) is 0 Å². The highest BCUT2D eigenvalue weighted by Crippen LogP contribution is 2.35. The smallest absolute Gasteiger partial charge is 0.240 e. The maximum Gasteiger partial charge on any atom is 0.240 e. The van der Waals surface area contributed by atoms with Gasteiger partial charge in [0.2, 0.25) is 5.91 Å². The Morgan fingerprint density at radius 2 is 2.08 bits per heavy atom. The molecular formula is C20H26N4O. The van der Waals surface area contributed by atoms with Crippen molar-refractivity contribution in [3.05, 3.63) is 60.2 Å². The van der Waals surface area contributed by atoms with Crippen LogP contribution in [0.5, 0.6) is 0 Å². The first-order valence-electron chi connectivity index (χ1n) is 9.01. The van der Waals surface area contributed by atoms with Crippen LogP contribution >= 0.6 is 0 Å². The summed E-state index contributed by atoms with van der Waals surface area (Å²) in [5.41, 5.74) is 1.88. The van der Waals surface area contributed by atoms with Gasteiger partial charge in [-0.05, 0) is 68.5 Å². The molecule has 1 aliphatic rings. The van der Waals surface area contributed by atoms with Crippen molar-refractivity contribution in [1.29, 1.82) is 0 Å². The van der Waals surface area contributed by atoms with Crippen LogP contribution in [-0.4, -0.2) is 39.9 Å². The van der Waals surface area contributed by atoms with Crippen molar-refractivity contribution in [2.45, 2.75) is 44.2 Å². The number of rotatable bonds is 7. The monoisotopic (exact) mass is 338 g/mol. The Morgan fingerprint density at radius 1 is 1.24 bits per heavy atom. The SMILES string of the molecule is CNC(=O)[C@]1(CCCc2ccncc2)CCCN1Cc1ccccn1. The molecule has 25 heavy (non-hydrogen) atoms. The van der Waals surface area contributed by atoms with Gasteiger partial charge in [0.1, 0.15) is 5.54 Å². The largest absolute Gasteiger partial charge is 0.358 e. The van der Waals surface area contributed by atoms with E-state index in [2.05, 4.69) is 20.2 Å². The van der Waals surface area contributed by atoms with Gasteiger partial charge in [-0.15, -0.1) is 0 Å². The normalized spacial score (nSPS) is 20.5. The third-order valence-electron chi connectivity index (χ3n) is 5.16. The van der Waals surface area contributed by atoms with E-state index in [9.17, 15) is 4.79 Å². The maximum absolute atomic E-state index is 12.8. The number of nitrogens with zero attached hydrogens (tertiary/aromatic N) is 3. The summed E-state index contributed by atoms with van der Waals surface area (Å²) in [5, 5.41) is 2.90. The van der Waals surface area contributed by atoms with E-state index in [1.165, 1.54) is 5.56 Å². The van der Waals surface area contributed by atoms with Crippen molar-refractivity contribution in [3.63, 3.8) is 0 Å². The quantitative estimate of drug-likeness (QED) is 0.843. The summed E-state index contributed by atoms with van der Waals surface area (Å²) < 4.78 is 0. The van der Waals surface area contributed by atoms with Crippen LogP contribution in [0, 0.1) is 0 Å². The fourth-order valence-corrected chi connectivity index (χ4v) is 3.87. The van der Waals surface area contributed by atoms with Gasteiger partial charge < -0.3 is 5.32 Å². The zero-order chi connectivity index (χ0) is 17.5. The first-order valence-corrected chi connectivity index (χ1v) is 9.01. The molecule has 0 unspecified atom stereocenters. The standard InChI is InChI=1S/C20H26N4O/c1-21-19(25)20(10-4-6-17-8-13-22-14-9-17)11-5-15-24(20)16-18-7-2-3-12-23-18/h2-3,7-9,12-14H,4-6,10-11,15-16H2,1H3,(H,21,25)/t20-/m0/s1. The molecule has 2 aromatic heterocycles. The van der Waals surface area contributed by atoms with Crippen molar-refractivity contribution in [2.24, 2.45) is 0 Å². The van der Waals surface area contributed by atoms with Crippen molar-refractivity contribution in [1.82, 2.24) is 20.2 Å². The van der Waals surface area contributed by atoms with Crippen LogP contribution in [0.3, 0.4) is 0 Å². The predicted molar refractivity (Wildman–Crippen MR) is 97.9 cm³/mol. The number of carbonyl (C=O) groups is 1. The number of carbonyl (C=O) groups excluding carboxylic acids is 1. The van der Waals surface area contributed by atoms with Gasteiger partial charge in [-0.25, -0.2) is 0 Å². The number of nitrogens with one attached hydrogen (secondary N) is 1. The second-order valence-corrected chi connectivity index (χ2v) is 6.67. The molecule has 3 rings (SSSR count). The average Bonchev–Trinajstić information content (AvgIpc) is 3.06. The van der Waals surface area contributed by atoms with Gasteiger partial charge in [0.05, 0.1) is 5.69 Å². The van der Waals surface area contributed by atoms with Gasteiger partial charge in [-0.3, -0.25) is 19.7 Å². The molecule has 0 aromatic carbocycles. The summed E-state index contributed by atoms with van der Waals surface area (Å²) in [6, 6.07) is 10.1. The van der Waals surface area contributed by atoms with E-state index in [4.69, 9.17) is 0 Å². The molecule has 1 N–H and O–H groups in total. The van der Waals surface area contributed by atoms with Crippen LogP contribution in [0.25, 0.3) is 0 Å². The highest BCUT2D eigenvalue weighted by atomic mass is 16.2. The first-order chi connectivity index (χ1) is 12.2. The molecule has 0 bridgehead atoms. The van der Waals surface area contributed by atoms with E-state index in [-0.39, 0.29) is 5.91 Å². The maximum atomic E-state index is 12.8. The molecule has 1 saturated heterocycles. The number of hydrogen-bond donors (Lipinski definition) is 1. The summed E-state index contributed by atoms with van der Waals surface area (Å²) in [6.07, 6.45) is 10.2. The minimum absolute atomic E-state index is 0.135. The lowest BCUT2D eigenvalue weighted by molar-refractivity contribution is -0.132. The molecule has 0 spiro atoms. The molecule has 0 saturated carbocycles. The Labute approximate surface area is 149 Å².